The van der Waals surface area contributed by atoms with Gasteiger partial charge in [0.1, 0.15) is 88.7 Å². The Bertz CT molecular complexity index is 5690. The molecule has 12 N–H and O–H groups in total. The van der Waals surface area contributed by atoms with Crippen molar-refractivity contribution in [3.63, 3.8) is 0 Å². The number of nitrogens with one attached hydrogen (secondary N) is 2. The summed E-state index contributed by atoms with van der Waals surface area (Å²) in [7, 11) is -6.12. The van der Waals surface area contributed by atoms with Gasteiger partial charge in [-0.1, -0.05) is 32.0 Å². The third-order valence-corrected chi connectivity index (χ3v) is 33.2. The number of amides is 3. The van der Waals surface area contributed by atoms with E-state index in [9.17, 15) is 70.3 Å². The van der Waals surface area contributed by atoms with Crippen LogP contribution in [-0.2, 0) is 48.3 Å². The van der Waals surface area contributed by atoms with Crippen LogP contribution in [0.5, 0.6) is 0 Å². The molecule has 3 amide bonds. The van der Waals surface area contributed by atoms with Crippen molar-refractivity contribution in [1.29, 1.82) is 0 Å². The van der Waals surface area contributed by atoms with Crippen molar-refractivity contribution in [3.8, 4) is 0 Å². The van der Waals surface area contributed by atoms with E-state index in [0.717, 1.165) is 161 Å². The molecule has 38 heteroatoms. The standard InChI is InChI=1S/C24H26F2N4O2.C21H29F2N3O3S.C19H23F2N3O2.C17H21F2N3O.C17H22F2N2O3S/c25-17-6-7-21(26)20(8-17)23-22(27)9-19(14-32-23)29-10-15-12-30(13-16(15)11-29)24(31)28-18-4-2-1-3-5-18;1-13(2)12-30(27,28)26-9-14-7-25(8-15(14)10-26)17-6-20(24)21(29-11-17)18-5-16(22)3-4-19(18)23;1-11(25)23-6-12-8-24(9-13(12)7-23)15-5-18(22)19(26-10-15)16-4-14(20)2-3-17(16)21;18-12-1-2-15(19)14(3-12)17-16(20)4-13(9-23-17)22-7-10-5-21-6-11(10)8-22;18-12-1-2-15(19)14(3-12)17-16(20)4-13(7-24-17)21-5-10-8-25(22,23)9-11(10)6-21/h1-8,19,22-23H,9-14,27H2,(H,28,31);3-5,13,17,20-21H,6-12,24H2,1-2H3;2-4,15,18-19H,5-10,22H2,1H3;1-3,13,16-17,21H,4-9,20H2;1-3,10-11,13,16-17H,4-9,20H2/t19-,22+,23-;17-,20+,21-;15-,18+,19-;13-,16+,17-;10?,11?,13-,16+,17-/m11111/s1. The lowest BCUT2D eigenvalue weighted by Crippen LogP contribution is -2.49. The number of hydrogen-bond acceptors (Lipinski definition) is 22. The first kappa shape index (κ1) is 99.1. The Morgan fingerprint density at radius 2 is 0.676 bits per heavy atom. The second-order valence-corrected chi connectivity index (χ2v) is 43.6. The maximum Gasteiger partial charge on any atom is 0.322 e. The number of para-hydroxylation sites is 1. The maximum absolute atomic E-state index is 14.2. The zero-order chi connectivity index (χ0) is 96.0. The van der Waals surface area contributed by atoms with Crippen molar-refractivity contribution < 1.29 is 94.0 Å². The first-order valence-corrected chi connectivity index (χ1v) is 50.3. The smallest absolute Gasteiger partial charge is 0.322 e. The van der Waals surface area contributed by atoms with Crippen molar-refractivity contribution in [2.75, 3.05) is 173 Å². The van der Waals surface area contributed by atoms with Crippen LogP contribution in [0.25, 0.3) is 0 Å². The minimum Gasteiger partial charge on any atom is -0.370 e. The number of nitrogens with two attached hydrogens (primary N) is 5. The number of sulfonamides is 1. The number of ether oxygens (including phenoxy) is 5. The molecule has 0 spiro atoms. The summed E-state index contributed by atoms with van der Waals surface area (Å²) in [6.07, 6.45) is 0.0742. The number of rotatable bonds is 14. The predicted molar refractivity (Wildman–Crippen MR) is 491 cm³/mol. The first-order chi connectivity index (χ1) is 65.0. The number of carbonyl (C=O) groups is 2. The second-order valence-electron chi connectivity index (χ2n) is 39.4. The molecular formula is C98H121F10N15O11S2. The Balaban J connectivity index is 0.000000119. The number of fused-ring (bicyclic) bond motifs is 1. The largest absolute Gasteiger partial charge is 0.370 e. The number of halogens is 10. The molecule has 15 aliphatic heterocycles. The number of carbonyl (C=O) groups excluding carboxylic acids is 2. The van der Waals surface area contributed by atoms with Crippen LogP contribution < -0.4 is 39.3 Å². The van der Waals surface area contributed by atoms with Crippen molar-refractivity contribution in [2.45, 2.75) is 144 Å². The molecule has 26 nitrogen and oxygen atoms in total. The normalized spacial score (nSPS) is 30.3. The third-order valence-electron chi connectivity index (χ3n) is 29.2. The van der Waals surface area contributed by atoms with Crippen LogP contribution in [0.15, 0.2) is 166 Å². The van der Waals surface area contributed by atoms with Crippen molar-refractivity contribution in [3.05, 3.63) is 252 Å². The second kappa shape index (κ2) is 42.1. The van der Waals surface area contributed by atoms with E-state index in [0.29, 0.717) is 111 Å². The van der Waals surface area contributed by atoms with Crippen molar-refractivity contribution in [2.24, 2.45) is 46.4 Å². The molecule has 7 fully saturated rings. The summed E-state index contributed by atoms with van der Waals surface area (Å²) < 4.78 is 217. The molecule has 0 aromatic heterocycles. The molecule has 0 radical (unpaired) electrons. The summed E-state index contributed by atoms with van der Waals surface area (Å²) >= 11 is 0. The van der Waals surface area contributed by atoms with Gasteiger partial charge in [0.2, 0.25) is 15.9 Å². The fraction of sp³-hybridized carbons (Fsp3) is 0.531. The molecule has 17 atom stereocenters. The van der Waals surface area contributed by atoms with Gasteiger partial charge in [0.25, 0.3) is 0 Å². The van der Waals surface area contributed by atoms with Gasteiger partial charge in [0.15, 0.2) is 9.84 Å². The highest BCUT2D eigenvalue weighted by Crippen LogP contribution is 2.43. The van der Waals surface area contributed by atoms with E-state index in [1.165, 1.54) is 51.6 Å². The summed E-state index contributed by atoms with van der Waals surface area (Å²) in [5, 5.41) is 6.30. The lowest BCUT2D eigenvalue weighted by Gasteiger charge is -2.39. The number of nitrogens with zero attached hydrogens (tertiary/aromatic N) is 8. The molecule has 15 heterocycles. The zero-order valence-corrected chi connectivity index (χ0v) is 78.0. The van der Waals surface area contributed by atoms with Crippen molar-refractivity contribution in [1.82, 2.24) is 43.9 Å². The Labute approximate surface area is 786 Å². The van der Waals surface area contributed by atoms with Crippen LogP contribution in [-0.4, -0.2) is 296 Å². The molecule has 0 aliphatic carbocycles. The number of sulfone groups is 1. The minimum absolute atomic E-state index is 0.0687. The minimum atomic E-state index is -3.24. The van der Waals surface area contributed by atoms with E-state index in [1.54, 1.807) is 11.2 Å². The molecule has 0 bridgehead atoms. The van der Waals surface area contributed by atoms with Gasteiger partial charge in [-0.15, -0.1) is 0 Å². The Morgan fingerprint density at radius 3 is 0.963 bits per heavy atom. The molecule has 0 saturated carbocycles. The Hall–Kier alpha value is -8.46. The highest BCUT2D eigenvalue weighted by atomic mass is 32.2. The number of urea groups is 1. The van der Waals surface area contributed by atoms with Gasteiger partial charge >= 0.3 is 6.03 Å². The molecule has 7 saturated heterocycles. The molecule has 6 aromatic rings. The molecular weight excluding hydrogens is 1820 g/mol. The van der Waals surface area contributed by atoms with Gasteiger partial charge in [-0.3, -0.25) is 29.3 Å². The van der Waals surface area contributed by atoms with Crippen LogP contribution in [0.3, 0.4) is 0 Å². The van der Waals surface area contributed by atoms with E-state index in [-0.39, 0.29) is 111 Å². The van der Waals surface area contributed by atoms with Gasteiger partial charge < -0.3 is 72.8 Å². The van der Waals surface area contributed by atoms with Crippen LogP contribution in [0.2, 0.25) is 0 Å². The van der Waals surface area contributed by atoms with Gasteiger partial charge in [0, 0.05) is 219 Å². The van der Waals surface area contributed by atoms with Crippen LogP contribution >= 0.6 is 0 Å². The van der Waals surface area contributed by atoms with E-state index in [2.05, 4.69) is 35.1 Å². The highest BCUT2D eigenvalue weighted by molar-refractivity contribution is 7.91. The summed E-state index contributed by atoms with van der Waals surface area (Å²) in [4.78, 5) is 39.3. The quantitative estimate of drug-likeness (QED) is 0.0394. The number of hydrogen-bond donors (Lipinski definition) is 7. The summed E-state index contributed by atoms with van der Waals surface area (Å²) in [6.45, 7) is 21.0. The predicted octanol–water partition coefficient (Wildman–Crippen LogP) is 9.35. The molecule has 15 aliphatic rings. The summed E-state index contributed by atoms with van der Waals surface area (Å²) in [6, 6.07) is 24.8. The average molecular weight is 1940 g/mol. The topological polar surface area (TPSA) is 329 Å². The first-order valence-electron chi connectivity index (χ1n) is 46.8. The average Bonchev–Trinajstić information content (AvgIpc) is 1.63. The Morgan fingerprint density at radius 1 is 0.397 bits per heavy atom. The van der Waals surface area contributed by atoms with Gasteiger partial charge in [-0.25, -0.2) is 65.5 Å². The summed E-state index contributed by atoms with van der Waals surface area (Å²) in [5.41, 5.74) is 43.5. The van der Waals surface area contributed by atoms with Gasteiger partial charge in [-0.2, -0.15) is 4.31 Å². The molecule has 136 heavy (non-hydrogen) atoms. The summed E-state index contributed by atoms with van der Waals surface area (Å²) in [5.74, 6) is -3.66. The molecule has 21 rings (SSSR count). The number of anilines is 1. The van der Waals surface area contributed by atoms with E-state index in [1.807, 2.05) is 54.0 Å². The maximum atomic E-state index is 14.2. The fourth-order valence-electron chi connectivity index (χ4n) is 22.3. The number of benzene rings is 6. The van der Waals surface area contributed by atoms with E-state index in [4.69, 9.17) is 52.4 Å². The SMILES string of the molecule is CC(=O)N1CC2=C(C1)CN([C@H]1CO[C@H](c3cc(F)ccc3F)[C@@H](N)C1)C2.CC(C)CS(=O)(=O)N1CC2=C(CN([C@H]3CO[C@H](c4cc(F)ccc4F)[C@@H](N)C3)C2)C1.N[C@H]1C[C@@H](N2CC3=C(CN(C(=O)Nc4ccccc4)C3)C2)CO[C@@H]1c1cc(F)ccc1F.N[C@H]1C[C@@H](N2CC3=C(CNC3)C2)CO[C@@H]1c1cc(F)ccc1F.N[C@H]1C[C@@H](N2CC3CS(=O)(=O)CC3C2)CO[C@@H]1c1cc(F)ccc1F. The molecule has 2 unspecified atom stereocenters. The van der Waals surface area contributed by atoms with Gasteiger partial charge in [-0.05, 0) is 198 Å². The monoisotopic (exact) mass is 1940 g/mol. The van der Waals surface area contributed by atoms with E-state index >= 15 is 0 Å². The highest BCUT2D eigenvalue weighted by Gasteiger charge is 2.49. The molecule has 6 aromatic carbocycles. The molecule has 736 valence electrons. The van der Waals surface area contributed by atoms with Crippen LogP contribution in [0.1, 0.15) is 111 Å². The lowest BCUT2D eigenvalue weighted by molar-refractivity contribution is -0.127. The zero-order valence-electron chi connectivity index (χ0n) is 76.4. The Kier molecular flexibility index (Phi) is 30.7. The number of likely N-dealkylation sites (tertiary alicyclic amines) is 1. The van der Waals surface area contributed by atoms with Gasteiger partial charge in [0.05, 0.1) is 50.3 Å². The fourth-order valence-corrected chi connectivity index (χ4v) is 26.2. The van der Waals surface area contributed by atoms with E-state index < -0.39 is 133 Å². The van der Waals surface area contributed by atoms with Crippen molar-refractivity contribution >= 4 is 37.5 Å². The lowest BCUT2D eigenvalue weighted by atomic mass is 9.93. The van der Waals surface area contributed by atoms with Crippen LogP contribution in [0.4, 0.5) is 54.4 Å². The third kappa shape index (κ3) is 22.8. The van der Waals surface area contributed by atoms with Crippen LogP contribution in [0, 0.1) is 75.9 Å².